The van der Waals surface area contributed by atoms with Gasteiger partial charge < -0.3 is 4.90 Å². The summed E-state index contributed by atoms with van der Waals surface area (Å²) in [4.78, 5) is 12.8. The fourth-order valence-electron chi connectivity index (χ4n) is 1.30. The van der Waals surface area contributed by atoms with Crippen molar-refractivity contribution in [3.8, 4) is 0 Å². The van der Waals surface area contributed by atoms with E-state index in [9.17, 15) is 0 Å². The highest BCUT2D eigenvalue weighted by Gasteiger charge is 2.10. The van der Waals surface area contributed by atoms with E-state index in [4.69, 9.17) is 11.6 Å². The third kappa shape index (κ3) is 1.92. The van der Waals surface area contributed by atoms with Crippen LogP contribution in [0.2, 0.25) is 5.15 Å². The Hall–Kier alpha value is -0.870. The molecule has 0 N–H and O–H groups in total. The highest BCUT2D eigenvalue weighted by Crippen LogP contribution is 2.30. The number of nitrogens with zero attached hydrogens (tertiary/aromatic N) is 3. The fraction of sp³-hybridized carbons (Fsp3) is 0.400. The lowest BCUT2D eigenvalue weighted by Crippen LogP contribution is -2.12. The summed E-state index contributed by atoms with van der Waals surface area (Å²) in [5.74, 6) is 0.664. The van der Waals surface area contributed by atoms with Gasteiger partial charge in [-0.25, -0.2) is 9.97 Å². The summed E-state index contributed by atoms with van der Waals surface area (Å²) >= 11 is 7.79. The molecule has 2 aromatic rings. The van der Waals surface area contributed by atoms with E-state index in [-0.39, 0.29) is 0 Å². The van der Waals surface area contributed by atoms with E-state index in [1.807, 2.05) is 19.0 Å². The Morgan fingerprint density at radius 2 is 2.13 bits per heavy atom. The van der Waals surface area contributed by atoms with Gasteiger partial charge in [-0.1, -0.05) is 18.5 Å². The van der Waals surface area contributed by atoms with Gasteiger partial charge >= 0.3 is 0 Å². The first-order valence-corrected chi connectivity index (χ1v) is 5.94. The van der Waals surface area contributed by atoms with Crippen LogP contribution in [0.5, 0.6) is 0 Å². The summed E-state index contributed by atoms with van der Waals surface area (Å²) in [6.45, 7) is 2.12. The molecule has 0 aliphatic rings. The Morgan fingerprint density at radius 3 is 2.73 bits per heavy atom. The van der Waals surface area contributed by atoms with Crippen molar-refractivity contribution < 1.29 is 0 Å². The quantitative estimate of drug-likeness (QED) is 0.757. The Labute approximate surface area is 97.7 Å². The minimum Gasteiger partial charge on any atom is -0.347 e. The predicted octanol–water partition coefficient (Wildman–Crippen LogP) is 2.97. The van der Waals surface area contributed by atoms with E-state index in [1.54, 1.807) is 11.3 Å². The maximum atomic E-state index is 6.11. The molecule has 0 unspecified atom stereocenters. The molecule has 0 saturated heterocycles. The lowest BCUT2D eigenvalue weighted by atomic mass is 10.3. The average Bonchev–Trinajstić information content (AvgIpc) is 2.61. The SMILES string of the molecule is CCc1cc2c(Cl)nc(N(C)C)nc2s1. The van der Waals surface area contributed by atoms with Gasteiger partial charge in [-0.2, -0.15) is 0 Å². The topological polar surface area (TPSA) is 29.0 Å². The molecule has 2 heterocycles. The van der Waals surface area contributed by atoms with Gasteiger partial charge in [0.1, 0.15) is 9.98 Å². The minimum absolute atomic E-state index is 0.541. The summed E-state index contributed by atoms with van der Waals surface area (Å²) in [6, 6.07) is 2.07. The Morgan fingerprint density at radius 1 is 1.40 bits per heavy atom. The van der Waals surface area contributed by atoms with Crippen LogP contribution in [0, 0.1) is 0 Å². The molecule has 0 spiro atoms. The molecule has 15 heavy (non-hydrogen) atoms. The molecule has 2 rings (SSSR count). The van der Waals surface area contributed by atoms with Gasteiger partial charge in [0.25, 0.3) is 0 Å². The van der Waals surface area contributed by atoms with E-state index in [1.165, 1.54) is 4.88 Å². The number of thiophene rings is 1. The third-order valence-corrected chi connectivity index (χ3v) is 3.60. The molecule has 0 atom stereocenters. The molecule has 5 heteroatoms. The van der Waals surface area contributed by atoms with E-state index in [2.05, 4.69) is 23.0 Å². The first-order chi connectivity index (χ1) is 7.11. The third-order valence-electron chi connectivity index (χ3n) is 2.13. The van der Waals surface area contributed by atoms with Crippen LogP contribution in [-0.4, -0.2) is 24.1 Å². The van der Waals surface area contributed by atoms with Crippen LogP contribution in [0.3, 0.4) is 0 Å². The van der Waals surface area contributed by atoms with Crippen LogP contribution in [0.25, 0.3) is 10.2 Å². The van der Waals surface area contributed by atoms with E-state index in [0.717, 1.165) is 16.6 Å². The van der Waals surface area contributed by atoms with Gasteiger partial charge in [0.2, 0.25) is 5.95 Å². The van der Waals surface area contributed by atoms with E-state index >= 15 is 0 Å². The van der Waals surface area contributed by atoms with Gasteiger partial charge in [-0.3, -0.25) is 0 Å². The van der Waals surface area contributed by atoms with Crippen LogP contribution in [0.4, 0.5) is 5.95 Å². The normalized spacial score (nSPS) is 10.9. The van der Waals surface area contributed by atoms with Gasteiger partial charge in [0.15, 0.2) is 0 Å². The molecule has 0 radical (unpaired) electrons. The number of aryl methyl sites for hydroxylation is 1. The first-order valence-electron chi connectivity index (χ1n) is 4.75. The molecule has 0 fully saturated rings. The zero-order chi connectivity index (χ0) is 11.0. The van der Waals surface area contributed by atoms with Crippen molar-refractivity contribution in [3.63, 3.8) is 0 Å². The van der Waals surface area contributed by atoms with Crippen LogP contribution < -0.4 is 4.90 Å². The van der Waals surface area contributed by atoms with Gasteiger partial charge in [0, 0.05) is 24.4 Å². The number of fused-ring (bicyclic) bond motifs is 1. The Bertz CT molecular complexity index is 493. The minimum atomic E-state index is 0.541. The number of hydrogen-bond acceptors (Lipinski definition) is 4. The molecule has 0 saturated carbocycles. The molecule has 0 aliphatic carbocycles. The zero-order valence-electron chi connectivity index (χ0n) is 8.91. The summed E-state index contributed by atoms with van der Waals surface area (Å²) < 4.78 is 0. The zero-order valence-corrected chi connectivity index (χ0v) is 10.5. The van der Waals surface area contributed by atoms with Crippen LogP contribution >= 0.6 is 22.9 Å². The van der Waals surface area contributed by atoms with E-state index < -0.39 is 0 Å². The highest BCUT2D eigenvalue weighted by molar-refractivity contribution is 7.18. The van der Waals surface area contributed by atoms with E-state index in [0.29, 0.717) is 11.1 Å². The van der Waals surface area contributed by atoms with Gasteiger partial charge in [0.05, 0.1) is 0 Å². The van der Waals surface area contributed by atoms with Crippen LogP contribution in [0.1, 0.15) is 11.8 Å². The predicted molar refractivity (Wildman–Crippen MR) is 66.1 cm³/mol. The van der Waals surface area contributed by atoms with Crippen molar-refractivity contribution in [2.75, 3.05) is 19.0 Å². The van der Waals surface area contributed by atoms with Crippen LogP contribution in [0.15, 0.2) is 6.07 Å². The Kier molecular flexibility index (Phi) is 2.80. The number of anilines is 1. The second kappa shape index (κ2) is 3.94. The molecular formula is C10H12ClN3S. The second-order valence-electron chi connectivity index (χ2n) is 3.49. The maximum Gasteiger partial charge on any atom is 0.227 e. The summed E-state index contributed by atoms with van der Waals surface area (Å²) in [6.07, 6.45) is 1.01. The highest BCUT2D eigenvalue weighted by atomic mass is 35.5. The van der Waals surface area contributed by atoms with Crippen molar-refractivity contribution >= 4 is 39.1 Å². The summed E-state index contributed by atoms with van der Waals surface area (Å²) in [7, 11) is 3.82. The molecule has 0 aromatic carbocycles. The maximum absolute atomic E-state index is 6.11. The fourth-order valence-corrected chi connectivity index (χ4v) is 2.54. The van der Waals surface area contributed by atoms with Gasteiger partial charge in [-0.05, 0) is 12.5 Å². The van der Waals surface area contributed by atoms with Gasteiger partial charge in [-0.15, -0.1) is 11.3 Å². The number of hydrogen-bond donors (Lipinski definition) is 0. The van der Waals surface area contributed by atoms with Crippen molar-refractivity contribution in [3.05, 3.63) is 16.1 Å². The van der Waals surface area contributed by atoms with Crippen molar-refractivity contribution in [2.24, 2.45) is 0 Å². The van der Waals surface area contributed by atoms with Crippen molar-refractivity contribution in [1.29, 1.82) is 0 Å². The largest absolute Gasteiger partial charge is 0.347 e. The second-order valence-corrected chi connectivity index (χ2v) is 4.97. The first kappa shape index (κ1) is 10.6. The lowest BCUT2D eigenvalue weighted by molar-refractivity contribution is 1.02. The number of aromatic nitrogens is 2. The number of halogens is 1. The summed E-state index contributed by atoms with van der Waals surface area (Å²) in [5, 5.41) is 1.50. The van der Waals surface area contributed by atoms with Crippen molar-refractivity contribution in [1.82, 2.24) is 9.97 Å². The lowest BCUT2D eigenvalue weighted by Gasteiger charge is -2.09. The van der Waals surface area contributed by atoms with Crippen LogP contribution in [-0.2, 0) is 6.42 Å². The molecule has 2 aromatic heterocycles. The molecule has 3 nitrogen and oxygen atoms in total. The average molecular weight is 242 g/mol. The Balaban J connectivity index is 2.65. The van der Waals surface area contributed by atoms with Crippen molar-refractivity contribution in [2.45, 2.75) is 13.3 Å². The molecule has 0 amide bonds. The standard InChI is InChI=1S/C10H12ClN3S/c1-4-6-5-7-8(11)12-10(14(2)3)13-9(7)15-6/h5H,4H2,1-3H3. The number of rotatable bonds is 2. The summed E-state index contributed by atoms with van der Waals surface area (Å²) in [5.41, 5.74) is 0. The monoisotopic (exact) mass is 241 g/mol. The molecular weight excluding hydrogens is 230 g/mol. The molecule has 80 valence electrons. The molecule has 0 aliphatic heterocycles. The smallest absolute Gasteiger partial charge is 0.227 e. The molecule has 0 bridgehead atoms.